The molecule has 138 valence electrons. The van der Waals surface area contributed by atoms with Crippen LogP contribution in [0.1, 0.15) is 30.2 Å². The Bertz CT molecular complexity index is 786. The fourth-order valence-corrected chi connectivity index (χ4v) is 3.37. The first-order valence-corrected chi connectivity index (χ1v) is 7.93. The lowest BCUT2D eigenvalue weighted by atomic mass is 9.91. The monoisotopic (exact) mass is 420 g/mol. The Labute approximate surface area is 153 Å². The van der Waals surface area contributed by atoms with Crippen LogP contribution in [0.25, 0.3) is 10.9 Å². The highest BCUT2D eigenvalue weighted by atomic mass is 79.9. The van der Waals surface area contributed by atoms with E-state index >= 15 is 0 Å². The third-order valence-electron chi connectivity index (χ3n) is 4.42. The van der Waals surface area contributed by atoms with Gasteiger partial charge in [-0.1, -0.05) is 0 Å². The molecule has 0 saturated heterocycles. The molecule has 1 aliphatic rings. The zero-order valence-electron chi connectivity index (χ0n) is 13.7. The van der Waals surface area contributed by atoms with E-state index in [1.54, 1.807) is 11.5 Å². The first-order chi connectivity index (χ1) is 11.3. The van der Waals surface area contributed by atoms with E-state index in [4.69, 9.17) is 10.5 Å². The first kappa shape index (κ1) is 19.8. The molecule has 1 heterocycles. The molecule has 25 heavy (non-hydrogen) atoms. The molecule has 0 saturated carbocycles. The molecule has 1 unspecified atom stereocenters. The van der Waals surface area contributed by atoms with Gasteiger partial charge in [0.05, 0.1) is 12.2 Å². The second-order valence-corrected chi connectivity index (χ2v) is 6.05. The van der Waals surface area contributed by atoms with Crippen LogP contribution >= 0.6 is 17.0 Å². The molecule has 0 amide bonds. The Balaban J connectivity index is 0.00000225. The van der Waals surface area contributed by atoms with Gasteiger partial charge in [-0.05, 0) is 49.9 Å². The molecule has 2 N–H and O–H groups in total. The standard InChI is InChI=1S/C17H19F3N2O2.BrH/c1-2-24-16(23)9-22-14-5-3-10(17(18,19)20)7-12(14)13-8-11(21)4-6-15(13)22;/h3,5,7,11H,2,4,6,8-9,21H2,1H3;1H. The molecule has 0 spiro atoms. The van der Waals surface area contributed by atoms with Crippen LogP contribution in [0.5, 0.6) is 0 Å². The van der Waals surface area contributed by atoms with Gasteiger partial charge in [-0.25, -0.2) is 0 Å². The van der Waals surface area contributed by atoms with Crippen LogP contribution in [0.15, 0.2) is 18.2 Å². The van der Waals surface area contributed by atoms with Crippen LogP contribution in [-0.4, -0.2) is 23.2 Å². The minimum atomic E-state index is -4.40. The quantitative estimate of drug-likeness (QED) is 0.771. The molecule has 0 bridgehead atoms. The Morgan fingerprint density at radius 1 is 1.40 bits per heavy atom. The van der Waals surface area contributed by atoms with Crippen molar-refractivity contribution in [3.8, 4) is 0 Å². The number of alkyl halides is 3. The van der Waals surface area contributed by atoms with Gasteiger partial charge < -0.3 is 15.0 Å². The summed E-state index contributed by atoms with van der Waals surface area (Å²) >= 11 is 0. The van der Waals surface area contributed by atoms with E-state index in [-0.39, 0.29) is 36.2 Å². The number of carbonyl (C=O) groups excluding carboxylic acids is 1. The molecular weight excluding hydrogens is 401 g/mol. The highest BCUT2D eigenvalue weighted by molar-refractivity contribution is 8.93. The number of rotatable bonds is 3. The summed E-state index contributed by atoms with van der Waals surface area (Å²) in [7, 11) is 0. The maximum absolute atomic E-state index is 13.0. The van der Waals surface area contributed by atoms with Gasteiger partial charge in [-0.15, -0.1) is 17.0 Å². The van der Waals surface area contributed by atoms with Crippen molar-refractivity contribution in [2.24, 2.45) is 5.73 Å². The summed E-state index contributed by atoms with van der Waals surface area (Å²) in [5, 5.41) is 0.527. The van der Waals surface area contributed by atoms with Crippen molar-refractivity contribution in [1.29, 1.82) is 0 Å². The zero-order valence-corrected chi connectivity index (χ0v) is 15.4. The van der Waals surface area contributed by atoms with E-state index in [0.29, 0.717) is 23.7 Å². The van der Waals surface area contributed by atoms with Crippen molar-refractivity contribution < 1.29 is 22.7 Å². The first-order valence-electron chi connectivity index (χ1n) is 7.93. The zero-order chi connectivity index (χ0) is 17.5. The van der Waals surface area contributed by atoms with E-state index in [0.717, 1.165) is 29.8 Å². The Hall–Kier alpha value is -1.54. The number of benzene rings is 1. The van der Waals surface area contributed by atoms with Crippen LogP contribution in [-0.2, 0) is 35.1 Å². The molecule has 1 aromatic heterocycles. The van der Waals surface area contributed by atoms with Crippen molar-refractivity contribution in [1.82, 2.24) is 4.57 Å². The minimum absolute atomic E-state index is 0. The summed E-state index contributed by atoms with van der Waals surface area (Å²) in [4.78, 5) is 11.9. The highest BCUT2D eigenvalue weighted by Gasteiger charge is 2.32. The van der Waals surface area contributed by atoms with Gasteiger partial charge in [0.2, 0.25) is 0 Å². The van der Waals surface area contributed by atoms with Crippen LogP contribution in [0.4, 0.5) is 13.2 Å². The largest absolute Gasteiger partial charge is 0.465 e. The number of fused-ring (bicyclic) bond motifs is 3. The number of nitrogens with zero attached hydrogens (tertiary/aromatic N) is 1. The number of aromatic nitrogens is 1. The number of carbonyl (C=O) groups is 1. The lowest BCUT2D eigenvalue weighted by Gasteiger charge is -2.20. The van der Waals surface area contributed by atoms with Crippen molar-refractivity contribution in [3.05, 3.63) is 35.0 Å². The average molecular weight is 421 g/mol. The number of nitrogens with two attached hydrogens (primary N) is 1. The molecule has 0 fully saturated rings. The smallest absolute Gasteiger partial charge is 0.416 e. The van der Waals surface area contributed by atoms with Gasteiger partial charge in [-0.2, -0.15) is 13.2 Å². The molecule has 1 atom stereocenters. The Morgan fingerprint density at radius 2 is 2.12 bits per heavy atom. The van der Waals surface area contributed by atoms with Gasteiger partial charge >= 0.3 is 12.1 Å². The maximum Gasteiger partial charge on any atom is 0.416 e. The molecule has 0 radical (unpaired) electrons. The van der Waals surface area contributed by atoms with Crippen molar-refractivity contribution in [3.63, 3.8) is 0 Å². The summed E-state index contributed by atoms with van der Waals surface area (Å²) in [5.41, 5.74) is 7.64. The fourth-order valence-electron chi connectivity index (χ4n) is 3.37. The number of halogens is 4. The summed E-state index contributed by atoms with van der Waals surface area (Å²) < 4.78 is 45.9. The van der Waals surface area contributed by atoms with Gasteiger partial charge in [0.1, 0.15) is 6.54 Å². The summed E-state index contributed by atoms with van der Waals surface area (Å²) in [6, 6.07) is 3.57. The topological polar surface area (TPSA) is 57.2 Å². The molecule has 3 rings (SSSR count). The van der Waals surface area contributed by atoms with Crippen LogP contribution in [0, 0.1) is 0 Å². The van der Waals surface area contributed by atoms with Gasteiger partial charge in [0.25, 0.3) is 0 Å². The highest BCUT2D eigenvalue weighted by Crippen LogP contribution is 2.36. The summed E-state index contributed by atoms with van der Waals surface area (Å²) in [5.74, 6) is -0.396. The van der Waals surface area contributed by atoms with Gasteiger partial charge in [-0.3, -0.25) is 4.79 Å². The summed E-state index contributed by atoms with van der Waals surface area (Å²) in [6.45, 7) is 1.99. The predicted octanol–water partition coefficient (Wildman–Crippen LogP) is 3.62. The number of ether oxygens (including phenoxy) is 1. The molecule has 0 aliphatic heterocycles. The Morgan fingerprint density at radius 3 is 2.76 bits per heavy atom. The van der Waals surface area contributed by atoms with Gasteiger partial charge in [0.15, 0.2) is 0 Å². The predicted molar refractivity (Wildman–Crippen MR) is 93.9 cm³/mol. The van der Waals surface area contributed by atoms with Crippen molar-refractivity contribution in [2.75, 3.05) is 6.61 Å². The summed E-state index contributed by atoms with van der Waals surface area (Å²) in [6.07, 6.45) is -2.49. The molecule has 4 nitrogen and oxygen atoms in total. The van der Waals surface area contributed by atoms with Crippen LogP contribution in [0.2, 0.25) is 0 Å². The number of hydrogen-bond donors (Lipinski definition) is 1. The number of esters is 1. The van der Waals surface area contributed by atoms with Crippen LogP contribution in [0.3, 0.4) is 0 Å². The lowest BCUT2D eigenvalue weighted by molar-refractivity contribution is -0.143. The van der Waals surface area contributed by atoms with E-state index in [1.807, 2.05) is 0 Å². The van der Waals surface area contributed by atoms with Crippen molar-refractivity contribution in [2.45, 2.75) is 44.9 Å². The van der Waals surface area contributed by atoms with E-state index < -0.39 is 17.7 Å². The molecule has 1 aliphatic carbocycles. The minimum Gasteiger partial charge on any atom is -0.465 e. The third kappa shape index (κ3) is 3.84. The third-order valence-corrected chi connectivity index (χ3v) is 4.42. The van der Waals surface area contributed by atoms with Crippen LogP contribution < -0.4 is 5.73 Å². The second-order valence-electron chi connectivity index (χ2n) is 6.05. The maximum atomic E-state index is 13.0. The normalized spacial score (nSPS) is 17.1. The SMILES string of the molecule is Br.CCOC(=O)Cn1c2c(c3cc(C(F)(F)F)ccc31)CC(N)CC2. The fraction of sp³-hybridized carbons (Fsp3) is 0.471. The number of hydrogen-bond acceptors (Lipinski definition) is 3. The van der Waals surface area contributed by atoms with Gasteiger partial charge in [0, 0.05) is 22.6 Å². The molecule has 2 aromatic rings. The van der Waals surface area contributed by atoms with E-state index in [9.17, 15) is 18.0 Å². The molecule has 1 aromatic carbocycles. The second kappa shape index (κ2) is 7.37. The Kier molecular flexibility index (Phi) is 5.83. The van der Waals surface area contributed by atoms with E-state index in [2.05, 4.69) is 0 Å². The molecular formula is C17H20BrF3N2O2. The lowest BCUT2D eigenvalue weighted by Crippen LogP contribution is -2.28. The molecule has 8 heteroatoms. The van der Waals surface area contributed by atoms with E-state index in [1.165, 1.54) is 6.07 Å². The van der Waals surface area contributed by atoms with Crippen molar-refractivity contribution >= 4 is 33.9 Å². The average Bonchev–Trinajstić information content (AvgIpc) is 2.80.